The topological polar surface area (TPSA) is 161 Å². The van der Waals surface area contributed by atoms with E-state index in [1.54, 1.807) is 41.5 Å². The number of unbranched alkanes of at least 4 members (excludes halogenated alkanes) is 1. The van der Waals surface area contributed by atoms with Gasteiger partial charge in [0.15, 0.2) is 0 Å². The van der Waals surface area contributed by atoms with Crippen LogP contribution < -0.4 is 10.6 Å². The number of ether oxygens (including phenoxy) is 2. The number of nitrogens with one attached hydrogen (secondary N) is 2. The molecule has 1 aromatic rings. The highest BCUT2D eigenvalue weighted by Crippen LogP contribution is 2.10. The summed E-state index contributed by atoms with van der Waals surface area (Å²) in [5.74, 6) is -0.324. The van der Waals surface area contributed by atoms with Gasteiger partial charge in [-0.1, -0.05) is 4.98 Å². The Hall–Kier alpha value is -2.93. The molecule has 13 nitrogen and oxygen atoms in total. The first-order chi connectivity index (χ1) is 16.7. The van der Waals surface area contributed by atoms with E-state index in [0.29, 0.717) is 39.0 Å². The lowest BCUT2D eigenvalue weighted by molar-refractivity contribution is -0.397. The maximum atomic E-state index is 11.8. The fraction of sp³-hybridized carbons (Fsp3) is 0.783. The maximum absolute atomic E-state index is 11.8. The minimum Gasteiger partial charge on any atom is -0.444 e. The number of carbonyl (C=O) groups excluding carboxylic acids is 2. The van der Waals surface area contributed by atoms with Gasteiger partial charge in [-0.3, -0.25) is 0 Å². The molecule has 0 saturated carbocycles. The zero-order valence-corrected chi connectivity index (χ0v) is 22.3. The molecule has 36 heavy (non-hydrogen) atoms. The minimum absolute atomic E-state index is 0.0309. The van der Waals surface area contributed by atoms with Crippen LogP contribution in [-0.4, -0.2) is 86.7 Å². The second kappa shape index (κ2) is 14.6. The number of nitro groups is 1. The molecule has 0 fully saturated rings. The van der Waals surface area contributed by atoms with Gasteiger partial charge < -0.3 is 40.2 Å². The van der Waals surface area contributed by atoms with Gasteiger partial charge >= 0.3 is 18.1 Å². The van der Waals surface area contributed by atoms with Gasteiger partial charge in [0, 0.05) is 19.6 Å². The molecule has 0 saturated heterocycles. The Balaban J connectivity index is 2.55. The van der Waals surface area contributed by atoms with E-state index in [4.69, 9.17) is 9.47 Å². The predicted molar refractivity (Wildman–Crippen MR) is 134 cm³/mol. The lowest BCUT2D eigenvalue weighted by Crippen LogP contribution is -2.38. The molecule has 0 aliphatic rings. The van der Waals surface area contributed by atoms with Crippen LogP contribution in [0.2, 0.25) is 0 Å². The molecule has 13 heteroatoms. The number of hydrogen-bond acceptors (Lipinski definition) is 9. The number of carbonyl (C=O) groups is 2. The number of aromatic nitrogens is 2. The minimum atomic E-state index is -0.864. The second-order valence-corrected chi connectivity index (χ2v) is 10.5. The van der Waals surface area contributed by atoms with E-state index in [1.165, 1.54) is 17.0 Å². The number of hydrogen-bond donors (Lipinski definition) is 3. The normalized spacial score (nSPS) is 12.8. The SMILES string of the molecule is CC(C)(C)OC(=O)NCCCCN(CCCNC(=O)OC(C)(C)C)CC(O)Cn1ccnc1[N+](=O)[O-]. The van der Waals surface area contributed by atoms with Crippen LogP contribution in [0.3, 0.4) is 0 Å². The van der Waals surface area contributed by atoms with E-state index in [-0.39, 0.29) is 19.0 Å². The number of amides is 2. The van der Waals surface area contributed by atoms with Gasteiger partial charge in [0.05, 0.1) is 12.6 Å². The first-order valence-corrected chi connectivity index (χ1v) is 12.2. The van der Waals surface area contributed by atoms with Crippen LogP contribution >= 0.6 is 0 Å². The fourth-order valence-electron chi connectivity index (χ4n) is 3.27. The molecule has 1 aromatic heterocycles. The third-order valence-electron chi connectivity index (χ3n) is 4.62. The highest BCUT2D eigenvalue weighted by Gasteiger charge is 2.20. The predicted octanol–water partition coefficient (Wildman–Crippen LogP) is 2.67. The molecule has 0 bridgehead atoms. The molecular formula is C23H42N6O7. The molecule has 0 aromatic carbocycles. The Bertz CT molecular complexity index is 832. The van der Waals surface area contributed by atoms with Crippen LogP contribution in [0.15, 0.2) is 12.4 Å². The van der Waals surface area contributed by atoms with Gasteiger partial charge in [-0.25, -0.2) is 14.2 Å². The summed E-state index contributed by atoms with van der Waals surface area (Å²) < 4.78 is 11.7. The van der Waals surface area contributed by atoms with Gasteiger partial charge in [-0.05, 0) is 78.8 Å². The van der Waals surface area contributed by atoms with Crippen molar-refractivity contribution in [2.45, 2.75) is 84.7 Å². The summed E-state index contributed by atoms with van der Waals surface area (Å²) in [5.41, 5.74) is -1.14. The Morgan fingerprint density at radius 2 is 1.58 bits per heavy atom. The highest BCUT2D eigenvalue weighted by atomic mass is 16.6. The monoisotopic (exact) mass is 514 g/mol. The highest BCUT2D eigenvalue weighted by molar-refractivity contribution is 5.67. The van der Waals surface area contributed by atoms with Crippen molar-refractivity contribution in [1.29, 1.82) is 0 Å². The molecule has 1 rings (SSSR count). The molecule has 3 N–H and O–H groups in total. The lowest BCUT2D eigenvalue weighted by Gasteiger charge is -2.25. The van der Waals surface area contributed by atoms with E-state index in [2.05, 4.69) is 15.6 Å². The summed E-state index contributed by atoms with van der Waals surface area (Å²) in [4.78, 5) is 39.8. The van der Waals surface area contributed by atoms with Gasteiger partial charge in [0.2, 0.25) is 0 Å². The molecule has 1 atom stereocenters. The van der Waals surface area contributed by atoms with Crippen molar-refractivity contribution in [2.24, 2.45) is 0 Å². The molecule has 206 valence electrons. The van der Waals surface area contributed by atoms with Gasteiger partial charge in [0.25, 0.3) is 0 Å². The largest absolute Gasteiger partial charge is 0.444 e. The number of aliphatic hydroxyl groups excluding tert-OH is 1. The van der Waals surface area contributed by atoms with Crippen molar-refractivity contribution in [1.82, 2.24) is 25.1 Å². The Morgan fingerprint density at radius 3 is 2.11 bits per heavy atom. The molecule has 1 heterocycles. The maximum Gasteiger partial charge on any atom is 0.434 e. The summed E-state index contributed by atoms with van der Waals surface area (Å²) in [6, 6.07) is 0. The van der Waals surface area contributed by atoms with E-state index in [0.717, 1.165) is 6.42 Å². The average Bonchev–Trinajstić information content (AvgIpc) is 3.16. The Labute approximate surface area is 212 Å². The van der Waals surface area contributed by atoms with Crippen LogP contribution in [0.25, 0.3) is 0 Å². The van der Waals surface area contributed by atoms with E-state index in [1.807, 2.05) is 4.90 Å². The van der Waals surface area contributed by atoms with E-state index < -0.39 is 34.4 Å². The first-order valence-electron chi connectivity index (χ1n) is 12.2. The quantitative estimate of drug-likeness (QED) is 0.192. The van der Waals surface area contributed by atoms with Crippen LogP contribution in [0, 0.1) is 10.1 Å². The molecule has 0 spiro atoms. The summed E-state index contributed by atoms with van der Waals surface area (Å²) in [5, 5.41) is 27.1. The smallest absolute Gasteiger partial charge is 0.434 e. The second-order valence-electron chi connectivity index (χ2n) is 10.5. The zero-order chi connectivity index (χ0) is 27.4. The van der Waals surface area contributed by atoms with Gasteiger partial charge in [-0.15, -0.1) is 0 Å². The van der Waals surface area contributed by atoms with Crippen LogP contribution in [0.4, 0.5) is 15.5 Å². The van der Waals surface area contributed by atoms with Crippen molar-refractivity contribution in [3.05, 3.63) is 22.5 Å². The number of nitrogens with zero attached hydrogens (tertiary/aromatic N) is 4. The van der Waals surface area contributed by atoms with Crippen molar-refractivity contribution in [3.8, 4) is 0 Å². The molecule has 0 aliphatic carbocycles. The number of aliphatic hydroxyl groups is 1. The van der Waals surface area contributed by atoms with Crippen LogP contribution in [0.1, 0.15) is 60.8 Å². The number of imidazole rings is 1. The fourth-order valence-corrected chi connectivity index (χ4v) is 3.27. The summed E-state index contributed by atoms with van der Waals surface area (Å²) >= 11 is 0. The third-order valence-corrected chi connectivity index (χ3v) is 4.62. The number of alkyl carbamates (subject to hydrolysis) is 2. The van der Waals surface area contributed by atoms with Crippen molar-refractivity contribution in [3.63, 3.8) is 0 Å². The van der Waals surface area contributed by atoms with Gasteiger partial charge in [-0.2, -0.15) is 0 Å². The molecular weight excluding hydrogens is 472 g/mol. The standard InChI is InChI=1S/C23H42N6O7/c1-22(2,3)35-20(31)25-10-7-8-13-27(14-9-11-26-21(32)36-23(4,5)6)16-18(30)17-28-15-12-24-19(28)29(33)34/h12,15,18,30H,7-11,13-14,16-17H2,1-6H3,(H,25,31)(H,26,32). The van der Waals surface area contributed by atoms with E-state index in [9.17, 15) is 24.8 Å². The van der Waals surface area contributed by atoms with Gasteiger partial charge in [0.1, 0.15) is 23.6 Å². The Kier molecular flexibility index (Phi) is 12.6. The van der Waals surface area contributed by atoms with Crippen molar-refractivity contribution in [2.75, 3.05) is 32.7 Å². The molecule has 1 unspecified atom stereocenters. The van der Waals surface area contributed by atoms with Crippen LogP contribution in [0.5, 0.6) is 0 Å². The van der Waals surface area contributed by atoms with Crippen molar-refractivity contribution >= 4 is 18.1 Å². The number of rotatable bonds is 14. The van der Waals surface area contributed by atoms with E-state index >= 15 is 0 Å². The Morgan fingerprint density at radius 1 is 1.06 bits per heavy atom. The molecule has 2 amide bonds. The summed E-state index contributed by atoms with van der Waals surface area (Å²) in [6.45, 7) is 13.1. The molecule has 0 aliphatic heterocycles. The van der Waals surface area contributed by atoms with Crippen molar-refractivity contribution < 1.29 is 29.1 Å². The summed E-state index contributed by atoms with van der Waals surface area (Å²) in [6.07, 6.45) is 3.02. The zero-order valence-electron chi connectivity index (χ0n) is 22.3. The van der Waals surface area contributed by atoms with Crippen LogP contribution in [-0.2, 0) is 16.0 Å². The third kappa shape index (κ3) is 14.5. The lowest BCUT2D eigenvalue weighted by atomic mass is 10.2. The molecule has 0 radical (unpaired) electrons. The first kappa shape index (κ1) is 31.1. The summed E-state index contributed by atoms with van der Waals surface area (Å²) in [7, 11) is 0. The average molecular weight is 515 g/mol.